The first-order chi connectivity index (χ1) is 21.2. The minimum atomic E-state index is -0.762. The van der Waals surface area contributed by atoms with Crippen LogP contribution in [-0.2, 0) is 19.2 Å². The van der Waals surface area contributed by atoms with Crippen molar-refractivity contribution in [1.29, 1.82) is 0 Å². The van der Waals surface area contributed by atoms with Gasteiger partial charge in [-0.3, -0.25) is 14.4 Å². The van der Waals surface area contributed by atoms with Crippen LogP contribution in [0.15, 0.2) is 24.3 Å². The van der Waals surface area contributed by atoms with Gasteiger partial charge in [-0.2, -0.15) is 0 Å². The van der Waals surface area contributed by atoms with Gasteiger partial charge in [0, 0.05) is 12.3 Å². The van der Waals surface area contributed by atoms with Crippen LogP contribution in [0.2, 0.25) is 0 Å². The third-order valence-corrected chi connectivity index (χ3v) is 6.90. The fraction of sp³-hybridized carbons (Fsp3) is 0.789. The molecule has 0 amide bonds. The molecule has 6 heteroatoms. The summed E-state index contributed by atoms with van der Waals surface area (Å²) in [5.74, 6) is -0.804. The number of rotatable bonds is 26. The highest BCUT2D eigenvalue weighted by molar-refractivity contribution is 5.68. The third-order valence-electron chi connectivity index (χ3n) is 6.90. The normalized spacial score (nSPS) is 11.8. The van der Waals surface area contributed by atoms with E-state index in [9.17, 15) is 19.2 Å². The van der Waals surface area contributed by atoms with Crippen molar-refractivity contribution in [2.45, 2.75) is 183 Å². The van der Waals surface area contributed by atoms with E-state index in [1.165, 1.54) is 96.0 Å². The fourth-order valence-corrected chi connectivity index (χ4v) is 4.13. The van der Waals surface area contributed by atoms with Crippen LogP contribution in [0, 0.1) is 11.8 Å². The molecule has 0 aromatic carbocycles. The summed E-state index contributed by atoms with van der Waals surface area (Å²) in [5.41, 5.74) is 0. The van der Waals surface area contributed by atoms with Gasteiger partial charge in [0.05, 0.1) is 6.42 Å². The first kappa shape index (κ1) is 48.7. The van der Waals surface area contributed by atoms with Crippen molar-refractivity contribution in [1.82, 2.24) is 0 Å². The Morgan fingerprint density at radius 1 is 0.568 bits per heavy atom. The zero-order chi connectivity index (χ0) is 34.1. The highest BCUT2D eigenvalue weighted by Gasteiger charge is 2.06. The molecule has 44 heavy (non-hydrogen) atoms. The average molecular weight is 625 g/mol. The second kappa shape index (κ2) is 45.2. The van der Waals surface area contributed by atoms with E-state index in [0.29, 0.717) is 12.3 Å². The Morgan fingerprint density at radius 2 is 1.02 bits per heavy atom. The fourth-order valence-electron chi connectivity index (χ4n) is 4.13. The van der Waals surface area contributed by atoms with Crippen molar-refractivity contribution in [2.24, 2.45) is 11.8 Å². The lowest BCUT2D eigenvalue weighted by Gasteiger charge is -2.07. The van der Waals surface area contributed by atoms with Crippen LogP contribution in [-0.4, -0.2) is 34.7 Å². The number of carbonyl (C=O) groups is 4. The molecule has 2 unspecified atom stereocenters. The lowest BCUT2D eigenvalue weighted by Crippen LogP contribution is -2.03. The van der Waals surface area contributed by atoms with Crippen LogP contribution in [0.3, 0.4) is 0 Å². The van der Waals surface area contributed by atoms with E-state index in [0.717, 1.165) is 51.1 Å². The smallest absolute Gasteiger partial charge is 0.307 e. The number of allylic oxidation sites excluding steroid dienone is 3. The SMILES string of the molecule is CCC/C=C/C=O.CCC/C=C/CC(=O)O.CCCCCCCCCC(C)C=O.CCCCCCCCCC(C)CC(=O)O. The van der Waals surface area contributed by atoms with E-state index in [2.05, 4.69) is 27.7 Å². The summed E-state index contributed by atoms with van der Waals surface area (Å²) in [6, 6.07) is 0. The molecule has 260 valence electrons. The average Bonchev–Trinajstić information content (AvgIpc) is 2.99. The minimum absolute atomic E-state index is 0.153. The summed E-state index contributed by atoms with van der Waals surface area (Å²) in [4.78, 5) is 40.2. The predicted molar refractivity (Wildman–Crippen MR) is 188 cm³/mol. The van der Waals surface area contributed by atoms with Gasteiger partial charge < -0.3 is 15.0 Å². The van der Waals surface area contributed by atoms with Gasteiger partial charge in [-0.15, -0.1) is 0 Å². The maximum Gasteiger partial charge on any atom is 0.307 e. The topological polar surface area (TPSA) is 109 Å². The van der Waals surface area contributed by atoms with Gasteiger partial charge in [-0.25, -0.2) is 0 Å². The van der Waals surface area contributed by atoms with Crippen LogP contribution < -0.4 is 0 Å². The van der Waals surface area contributed by atoms with Gasteiger partial charge in [0.15, 0.2) is 0 Å². The summed E-state index contributed by atoms with van der Waals surface area (Å²) >= 11 is 0. The minimum Gasteiger partial charge on any atom is -0.481 e. The van der Waals surface area contributed by atoms with Crippen LogP contribution in [0.5, 0.6) is 0 Å². The van der Waals surface area contributed by atoms with Gasteiger partial charge in [0.2, 0.25) is 0 Å². The molecule has 0 aromatic heterocycles. The molecule has 0 saturated carbocycles. The first-order valence-corrected chi connectivity index (χ1v) is 17.8. The number of unbranched alkanes of at least 4 members (excludes halogenated alkanes) is 14. The summed E-state index contributed by atoms with van der Waals surface area (Å²) in [7, 11) is 0. The Morgan fingerprint density at radius 3 is 1.43 bits per heavy atom. The summed E-state index contributed by atoms with van der Waals surface area (Å²) in [5, 5.41) is 16.7. The van der Waals surface area contributed by atoms with Crippen LogP contribution in [0.25, 0.3) is 0 Å². The molecule has 0 aliphatic rings. The maximum atomic E-state index is 10.4. The first-order valence-electron chi connectivity index (χ1n) is 17.8. The second-order valence-corrected chi connectivity index (χ2v) is 11.8. The summed E-state index contributed by atoms with van der Waals surface area (Å²) in [6.07, 6.45) is 34.2. The lowest BCUT2D eigenvalue weighted by atomic mass is 9.99. The molecular weight excluding hydrogens is 552 g/mol. The number of hydrogen-bond acceptors (Lipinski definition) is 4. The maximum absolute atomic E-state index is 10.4. The molecule has 2 N–H and O–H groups in total. The van der Waals surface area contributed by atoms with Crippen LogP contribution in [0.4, 0.5) is 0 Å². The number of hydrogen-bond donors (Lipinski definition) is 2. The van der Waals surface area contributed by atoms with Crippen molar-refractivity contribution in [3.05, 3.63) is 24.3 Å². The van der Waals surface area contributed by atoms with E-state index in [-0.39, 0.29) is 12.3 Å². The molecule has 0 heterocycles. The number of aldehydes is 2. The molecule has 0 saturated heterocycles. The molecular formula is C38H72O6. The molecule has 6 nitrogen and oxygen atoms in total. The molecule has 0 radical (unpaired) electrons. The van der Waals surface area contributed by atoms with E-state index < -0.39 is 11.9 Å². The van der Waals surface area contributed by atoms with Crippen molar-refractivity contribution in [3.8, 4) is 0 Å². The van der Waals surface area contributed by atoms with E-state index in [4.69, 9.17) is 10.2 Å². The van der Waals surface area contributed by atoms with Crippen LogP contribution >= 0.6 is 0 Å². The number of carboxylic acid groups (broad SMARTS) is 2. The summed E-state index contributed by atoms with van der Waals surface area (Å²) < 4.78 is 0. The molecule has 0 fully saturated rings. The molecule has 0 spiro atoms. The molecule has 0 rings (SSSR count). The molecule has 2 atom stereocenters. The highest BCUT2D eigenvalue weighted by Crippen LogP contribution is 2.15. The summed E-state index contributed by atoms with van der Waals surface area (Å²) in [6.45, 7) is 12.6. The van der Waals surface area contributed by atoms with Gasteiger partial charge in [0.25, 0.3) is 0 Å². The zero-order valence-corrected chi connectivity index (χ0v) is 29.7. The quantitative estimate of drug-likeness (QED) is 0.0429. The Kier molecular flexibility index (Phi) is 50.0. The van der Waals surface area contributed by atoms with Gasteiger partial charge in [-0.05, 0) is 31.3 Å². The van der Waals surface area contributed by atoms with Crippen molar-refractivity contribution >= 4 is 24.5 Å². The lowest BCUT2D eigenvalue weighted by molar-refractivity contribution is -0.138. The van der Waals surface area contributed by atoms with E-state index in [1.807, 2.05) is 26.0 Å². The Bertz CT molecular complexity index is 656. The van der Waals surface area contributed by atoms with Gasteiger partial charge in [-0.1, -0.05) is 169 Å². The van der Waals surface area contributed by atoms with Crippen molar-refractivity contribution in [2.75, 3.05) is 0 Å². The molecule has 0 bridgehead atoms. The number of carbonyl (C=O) groups excluding carboxylic acids is 2. The number of carboxylic acids is 2. The third kappa shape index (κ3) is 59.2. The van der Waals surface area contributed by atoms with Gasteiger partial charge >= 0.3 is 11.9 Å². The zero-order valence-electron chi connectivity index (χ0n) is 29.7. The Hall–Kier alpha value is -2.24. The van der Waals surface area contributed by atoms with Crippen molar-refractivity contribution < 1.29 is 29.4 Å². The second-order valence-electron chi connectivity index (χ2n) is 11.8. The predicted octanol–water partition coefficient (Wildman–Crippen LogP) is 11.6. The molecule has 0 aromatic rings. The standard InChI is InChI=1S/C13H26O2.C12H24O.C7H12O2.C6H10O/c1-3-4-5-6-7-8-9-10-12(2)11-13(14)15;1-3-4-5-6-7-8-9-10-12(2)11-13;1-2-3-4-5-6-7(8)9;1-2-3-4-5-6-7/h12H,3-11H2,1-2H3,(H,14,15);11-12H,3-10H2,1-2H3;4-5H,2-3,6H2,1H3,(H,8,9);4-6H,2-3H2,1H3/b;;2*5-4+. The Labute approximate surface area is 272 Å². The highest BCUT2D eigenvalue weighted by atomic mass is 16.4. The van der Waals surface area contributed by atoms with Crippen LogP contribution in [0.1, 0.15) is 183 Å². The number of aliphatic carboxylic acids is 2. The monoisotopic (exact) mass is 625 g/mol. The van der Waals surface area contributed by atoms with E-state index in [1.54, 1.807) is 6.08 Å². The van der Waals surface area contributed by atoms with Crippen molar-refractivity contribution in [3.63, 3.8) is 0 Å². The Balaban J connectivity index is -0.000000252. The molecule has 0 aliphatic heterocycles. The van der Waals surface area contributed by atoms with E-state index >= 15 is 0 Å². The largest absolute Gasteiger partial charge is 0.481 e. The molecule has 0 aliphatic carbocycles. The van der Waals surface area contributed by atoms with Gasteiger partial charge in [0.1, 0.15) is 12.6 Å².